The number of aromatic nitrogens is 2. The molecule has 8 heteroatoms. The maximum absolute atomic E-state index is 12.9. The number of benzene rings is 1. The van der Waals surface area contributed by atoms with Crippen LogP contribution in [0.3, 0.4) is 0 Å². The summed E-state index contributed by atoms with van der Waals surface area (Å²) in [6.07, 6.45) is -3.24. The van der Waals surface area contributed by atoms with Gasteiger partial charge in [-0.1, -0.05) is 0 Å². The lowest BCUT2D eigenvalue weighted by molar-refractivity contribution is -0.142. The average molecular weight is 340 g/mol. The Hall–Kier alpha value is -2.38. The number of halogens is 3. The molecule has 0 bridgehead atoms. The van der Waals surface area contributed by atoms with E-state index in [1.807, 2.05) is 0 Å². The maximum Gasteiger partial charge on any atom is 0.416 e. The molecular formula is C16H15F3N2O3. The van der Waals surface area contributed by atoms with Gasteiger partial charge in [0.2, 0.25) is 5.43 Å². The summed E-state index contributed by atoms with van der Waals surface area (Å²) in [4.78, 5) is 24.1. The number of hydrogen-bond acceptors (Lipinski definition) is 4. The van der Waals surface area contributed by atoms with Gasteiger partial charge in [-0.2, -0.15) is 18.3 Å². The van der Waals surface area contributed by atoms with Gasteiger partial charge in [-0.3, -0.25) is 14.3 Å². The van der Waals surface area contributed by atoms with E-state index in [4.69, 9.17) is 4.74 Å². The average Bonchev–Trinajstić information content (AvgIpc) is 3.33. The van der Waals surface area contributed by atoms with Crippen LogP contribution < -0.4 is 5.43 Å². The van der Waals surface area contributed by atoms with Crippen molar-refractivity contribution in [1.82, 2.24) is 9.78 Å². The number of esters is 1. The van der Waals surface area contributed by atoms with Gasteiger partial charge in [-0.05, 0) is 38.0 Å². The molecule has 0 atom stereocenters. The molecule has 1 fully saturated rings. The Morgan fingerprint density at radius 1 is 1.38 bits per heavy atom. The molecule has 0 radical (unpaired) electrons. The zero-order chi connectivity index (χ0) is 17.5. The highest BCUT2D eigenvalue weighted by atomic mass is 19.4. The smallest absolute Gasteiger partial charge is 0.416 e. The molecule has 0 amide bonds. The molecule has 1 aromatic carbocycles. The summed E-state index contributed by atoms with van der Waals surface area (Å²) < 4.78 is 45.0. The summed E-state index contributed by atoms with van der Waals surface area (Å²) in [5.74, 6) is -0.587. The summed E-state index contributed by atoms with van der Waals surface area (Å²) in [6, 6.07) is 2.92. The quantitative estimate of drug-likeness (QED) is 0.803. The first-order valence-electron chi connectivity index (χ1n) is 7.59. The fourth-order valence-electron chi connectivity index (χ4n) is 2.54. The fourth-order valence-corrected chi connectivity index (χ4v) is 2.54. The lowest BCUT2D eigenvalue weighted by Gasteiger charge is -2.13. The Kier molecular flexibility index (Phi) is 4.06. The van der Waals surface area contributed by atoms with Crippen LogP contribution in [0.5, 0.6) is 0 Å². The van der Waals surface area contributed by atoms with Gasteiger partial charge in [0, 0.05) is 5.39 Å². The van der Waals surface area contributed by atoms with E-state index in [1.54, 1.807) is 6.92 Å². The van der Waals surface area contributed by atoms with Crippen molar-refractivity contribution in [2.45, 2.75) is 38.4 Å². The first-order valence-corrected chi connectivity index (χ1v) is 7.59. The minimum absolute atomic E-state index is 0.00684. The Morgan fingerprint density at radius 2 is 2.08 bits per heavy atom. The van der Waals surface area contributed by atoms with Gasteiger partial charge in [0.25, 0.3) is 0 Å². The van der Waals surface area contributed by atoms with Crippen LogP contribution in [0.25, 0.3) is 10.9 Å². The molecule has 1 aliphatic carbocycles. The van der Waals surface area contributed by atoms with E-state index in [9.17, 15) is 22.8 Å². The topological polar surface area (TPSA) is 61.2 Å². The molecule has 0 unspecified atom stereocenters. The minimum Gasteiger partial charge on any atom is -0.466 e. The Balaban J connectivity index is 2.15. The lowest BCUT2D eigenvalue weighted by atomic mass is 10.1. The third kappa shape index (κ3) is 3.13. The van der Waals surface area contributed by atoms with Crippen LogP contribution in [-0.4, -0.2) is 22.4 Å². The van der Waals surface area contributed by atoms with Crippen LogP contribution in [0, 0.1) is 0 Å². The van der Waals surface area contributed by atoms with Gasteiger partial charge >= 0.3 is 12.1 Å². The highest BCUT2D eigenvalue weighted by Crippen LogP contribution is 2.37. The Morgan fingerprint density at radius 3 is 2.67 bits per heavy atom. The van der Waals surface area contributed by atoms with Gasteiger partial charge in [0.1, 0.15) is 5.69 Å². The fraction of sp³-hybridized carbons (Fsp3) is 0.438. The van der Waals surface area contributed by atoms with Crippen molar-refractivity contribution in [3.8, 4) is 0 Å². The zero-order valence-corrected chi connectivity index (χ0v) is 12.9. The summed E-state index contributed by atoms with van der Waals surface area (Å²) in [5, 5.41) is 4.27. The molecule has 0 saturated heterocycles. The van der Waals surface area contributed by atoms with E-state index < -0.39 is 23.1 Å². The molecule has 5 nitrogen and oxygen atoms in total. The summed E-state index contributed by atoms with van der Waals surface area (Å²) in [5.41, 5.74) is -1.23. The monoisotopic (exact) mass is 340 g/mol. The predicted molar refractivity (Wildman–Crippen MR) is 79.6 cm³/mol. The van der Waals surface area contributed by atoms with E-state index in [0.717, 1.165) is 31.0 Å². The van der Waals surface area contributed by atoms with Crippen molar-refractivity contribution < 1.29 is 22.7 Å². The molecule has 1 aromatic heterocycles. The van der Waals surface area contributed by atoms with E-state index in [-0.39, 0.29) is 35.7 Å². The van der Waals surface area contributed by atoms with E-state index >= 15 is 0 Å². The molecule has 1 saturated carbocycles. The van der Waals surface area contributed by atoms with Crippen LogP contribution in [0.15, 0.2) is 23.0 Å². The van der Waals surface area contributed by atoms with Crippen LogP contribution in [0.1, 0.15) is 37.1 Å². The number of rotatable bonds is 4. The molecule has 24 heavy (non-hydrogen) atoms. The van der Waals surface area contributed by atoms with Gasteiger partial charge in [-0.25, -0.2) is 0 Å². The van der Waals surface area contributed by atoms with Gasteiger partial charge in [-0.15, -0.1) is 0 Å². The Bertz CT molecular complexity index is 854. The molecule has 0 N–H and O–H groups in total. The summed E-state index contributed by atoms with van der Waals surface area (Å²) in [6.45, 7) is 1.82. The third-order valence-electron chi connectivity index (χ3n) is 3.82. The van der Waals surface area contributed by atoms with Gasteiger partial charge < -0.3 is 4.74 Å². The van der Waals surface area contributed by atoms with Crippen LogP contribution >= 0.6 is 0 Å². The number of fused-ring (bicyclic) bond motifs is 1. The van der Waals surface area contributed by atoms with E-state index in [2.05, 4.69) is 5.10 Å². The van der Waals surface area contributed by atoms with Crippen molar-refractivity contribution in [2.24, 2.45) is 0 Å². The van der Waals surface area contributed by atoms with Crippen LogP contribution in [-0.2, 0) is 22.1 Å². The maximum atomic E-state index is 12.9. The first-order chi connectivity index (χ1) is 11.3. The SMILES string of the molecule is CCOC(=O)Cc1nn(C2CC2)c2cc(C(F)(F)F)ccc2c1=O. The second kappa shape index (κ2) is 5.92. The number of nitrogens with zero attached hydrogens (tertiary/aromatic N) is 2. The zero-order valence-electron chi connectivity index (χ0n) is 12.9. The lowest BCUT2D eigenvalue weighted by Crippen LogP contribution is -2.23. The van der Waals surface area contributed by atoms with Crippen LogP contribution in [0.2, 0.25) is 0 Å². The number of carbonyl (C=O) groups excluding carboxylic acids is 1. The van der Waals surface area contributed by atoms with Crippen molar-refractivity contribution in [1.29, 1.82) is 0 Å². The molecule has 2 aromatic rings. The number of ether oxygens (including phenoxy) is 1. The molecule has 1 heterocycles. The van der Waals surface area contributed by atoms with Crippen molar-refractivity contribution in [3.63, 3.8) is 0 Å². The number of carbonyl (C=O) groups is 1. The highest BCUT2D eigenvalue weighted by molar-refractivity contribution is 5.81. The van der Waals surface area contributed by atoms with E-state index in [1.165, 1.54) is 4.68 Å². The second-order valence-corrected chi connectivity index (χ2v) is 5.66. The first kappa shape index (κ1) is 16.5. The highest BCUT2D eigenvalue weighted by Gasteiger charge is 2.33. The second-order valence-electron chi connectivity index (χ2n) is 5.66. The standard InChI is InChI=1S/C16H15F3N2O3/c1-2-24-14(22)8-12-15(23)11-6-3-9(16(17,18)19)7-13(11)21(20-12)10-4-5-10/h3,6-7,10H,2,4-5,8H2,1H3. The van der Waals surface area contributed by atoms with Crippen molar-refractivity contribution in [2.75, 3.05) is 6.61 Å². The Labute approximate surface area is 135 Å². The van der Waals surface area contributed by atoms with Crippen molar-refractivity contribution >= 4 is 16.9 Å². The normalized spacial score (nSPS) is 14.8. The largest absolute Gasteiger partial charge is 0.466 e. The van der Waals surface area contributed by atoms with Gasteiger partial charge in [0.15, 0.2) is 0 Å². The molecule has 128 valence electrons. The molecule has 0 aliphatic heterocycles. The van der Waals surface area contributed by atoms with Crippen LogP contribution in [0.4, 0.5) is 13.2 Å². The number of hydrogen-bond donors (Lipinski definition) is 0. The summed E-state index contributed by atoms with van der Waals surface area (Å²) in [7, 11) is 0. The molecular weight excluding hydrogens is 325 g/mol. The van der Waals surface area contributed by atoms with E-state index in [0.29, 0.717) is 0 Å². The third-order valence-corrected chi connectivity index (χ3v) is 3.82. The molecule has 1 aliphatic rings. The summed E-state index contributed by atoms with van der Waals surface area (Å²) >= 11 is 0. The van der Waals surface area contributed by atoms with Crippen molar-refractivity contribution in [3.05, 3.63) is 39.7 Å². The minimum atomic E-state index is -4.50. The predicted octanol–water partition coefficient (Wildman–Crippen LogP) is 2.86. The molecule has 3 rings (SSSR count). The number of alkyl halides is 3. The molecule has 0 spiro atoms. The van der Waals surface area contributed by atoms with Gasteiger partial charge in [0.05, 0.1) is 30.1 Å².